The Morgan fingerprint density at radius 3 is 2.71 bits per heavy atom. The van der Waals surface area contributed by atoms with Crippen molar-refractivity contribution in [3.8, 4) is 5.75 Å². The van der Waals surface area contributed by atoms with Crippen molar-refractivity contribution in [3.63, 3.8) is 0 Å². The predicted molar refractivity (Wildman–Crippen MR) is 94.6 cm³/mol. The average molecular weight is 365 g/mol. The van der Waals surface area contributed by atoms with Gasteiger partial charge >= 0.3 is 0 Å². The summed E-state index contributed by atoms with van der Waals surface area (Å²) in [7, 11) is 0. The summed E-state index contributed by atoms with van der Waals surface area (Å²) in [4.78, 5) is 16.3. The van der Waals surface area contributed by atoms with Gasteiger partial charge in [-0.1, -0.05) is 22.9 Å². The number of carbonyl (C=O) groups excluding carboxylic acids is 1. The van der Waals surface area contributed by atoms with E-state index in [0.29, 0.717) is 26.1 Å². The Kier molecular flexibility index (Phi) is 4.69. The number of halogens is 2. The molecule has 0 spiro atoms. The lowest BCUT2D eigenvalue weighted by Gasteiger charge is -2.12. The second-order valence-corrected chi connectivity index (χ2v) is 6.80. The quantitative estimate of drug-likeness (QED) is 0.728. The van der Waals surface area contributed by atoms with Crippen LogP contribution < -0.4 is 10.1 Å². The van der Waals surface area contributed by atoms with E-state index >= 15 is 0 Å². The molecule has 2 aromatic carbocycles. The third-order valence-corrected chi connectivity index (χ3v) is 4.52. The van der Waals surface area contributed by atoms with Crippen molar-refractivity contribution in [2.75, 3.05) is 11.9 Å². The number of aromatic nitrogens is 1. The van der Waals surface area contributed by atoms with Gasteiger partial charge in [0.05, 0.1) is 10.2 Å². The molecule has 0 aliphatic heterocycles. The minimum absolute atomic E-state index is 0.145. The van der Waals surface area contributed by atoms with Gasteiger partial charge in [-0.05, 0) is 55.3 Å². The van der Waals surface area contributed by atoms with E-state index in [1.165, 1.54) is 23.5 Å². The summed E-state index contributed by atoms with van der Waals surface area (Å²) in [6.07, 6.45) is 0. The van der Waals surface area contributed by atoms with Gasteiger partial charge in [0.2, 0.25) is 0 Å². The van der Waals surface area contributed by atoms with Gasteiger partial charge in [0, 0.05) is 5.02 Å². The average Bonchev–Trinajstić information content (AvgIpc) is 2.87. The molecule has 1 amide bonds. The molecule has 1 aromatic heterocycles. The third kappa shape index (κ3) is 3.66. The summed E-state index contributed by atoms with van der Waals surface area (Å²) >= 11 is 7.19. The summed E-state index contributed by atoms with van der Waals surface area (Å²) in [6.45, 7) is 3.59. The van der Waals surface area contributed by atoms with Crippen molar-refractivity contribution >= 4 is 44.2 Å². The minimum Gasteiger partial charge on any atom is -0.483 e. The molecule has 1 N–H and O–H groups in total. The Morgan fingerprint density at radius 1 is 1.29 bits per heavy atom. The lowest BCUT2D eigenvalue weighted by atomic mass is 10.1. The van der Waals surface area contributed by atoms with Crippen LogP contribution in [0, 0.1) is 19.7 Å². The smallest absolute Gasteiger partial charge is 0.264 e. The zero-order valence-electron chi connectivity index (χ0n) is 13.0. The second-order valence-electron chi connectivity index (χ2n) is 5.34. The Morgan fingerprint density at radius 2 is 2.00 bits per heavy atom. The molecule has 0 unspecified atom stereocenters. The fourth-order valence-electron chi connectivity index (χ4n) is 2.37. The molecule has 1 heterocycles. The first kappa shape index (κ1) is 16.7. The highest BCUT2D eigenvalue weighted by Gasteiger charge is 2.11. The Balaban J connectivity index is 1.67. The summed E-state index contributed by atoms with van der Waals surface area (Å²) < 4.78 is 19.5. The van der Waals surface area contributed by atoms with Crippen LogP contribution in [0.25, 0.3) is 10.2 Å². The summed E-state index contributed by atoms with van der Waals surface area (Å²) in [5.41, 5.74) is 2.37. The third-order valence-electron chi connectivity index (χ3n) is 3.37. The van der Waals surface area contributed by atoms with E-state index in [0.717, 1.165) is 11.1 Å². The first-order valence-corrected chi connectivity index (χ1v) is 8.37. The van der Waals surface area contributed by atoms with E-state index in [1.54, 1.807) is 18.2 Å². The highest BCUT2D eigenvalue weighted by Crippen LogP contribution is 2.28. The number of ether oxygens (including phenoxy) is 1. The SMILES string of the molecule is Cc1cc(Cl)cc(C)c1OCC(=O)Nc1nc2ccc(F)cc2s1. The lowest BCUT2D eigenvalue weighted by molar-refractivity contribution is -0.118. The number of fused-ring (bicyclic) bond motifs is 1. The van der Waals surface area contributed by atoms with Crippen LogP contribution in [0.2, 0.25) is 5.02 Å². The highest BCUT2D eigenvalue weighted by molar-refractivity contribution is 7.22. The fraction of sp³-hybridized carbons (Fsp3) is 0.176. The van der Waals surface area contributed by atoms with Crippen LogP contribution in [0.5, 0.6) is 5.75 Å². The molecule has 0 atom stereocenters. The van der Waals surface area contributed by atoms with Crippen LogP contribution in [0.3, 0.4) is 0 Å². The summed E-state index contributed by atoms with van der Waals surface area (Å²) in [6, 6.07) is 7.87. The highest BCUT2D eigenvalue weighted by atomic mass is 35.5. The number of benzene rings is 2. The topological polar surface area (TPSA) is 51.2 Å². The van der Waals surface area contributed by atoms with Crippen molar-refractivity contribution < 1.29 is 13.9 Å². The van der Waals surface area contributed by atoms with Crippen molar-refractivity contribution in [3.05, 3.63) is 52.3 Å². The summed E-state index contributed by atoms with van der Waals surface area (Å²) in [5.74, 6) is -0.0229. The van der Waals surface area contributed by atoms with Crippen LogP contribution >= 0.6 is 22.9 Å². The normalized spacial score (nSPS) is 10.8. The fourth-order valence-corrected chi connectivity index (χ4v) is 3.60. The predicted octanol–water partition coefficient (Wildman–Crippen LogP) is 4.72. The number of hydrogen-bond acceptors (Lipinski definition) is 4. The molecule has 0 aliphatic carbocycles. The number of rotatable bonds is 4. The van der Waals surface area contributed by atoms with Crippen LogP contribution in [0.4, 0.5) is 9.52 Å². The molecular formula is C17H14ClFN2O2S. The van der Waals surface area contributed by atoms with E-state index in [-0.39, 0.29) is 18.3 Å². The minimum atomic E-state index is -0.332. The number of amides is 1. The van der Waals surface area contributed by atoms with Gasteiger partial charge in [-0.2, -0.15) is 0 Å². The molecule has 3 rings (SSSR count). The number of anilines is 1. The van der Waals surface area contributed by atoms with Gasteiger partial charge in [-0.3, -0.25) is 10.1 Å². The van der Waals surface area contributed by atoms with Gasteiger partial charge in [-0.15, -0.1) is 0 Å². The van der Waals surface area contributed by atoms with Gasteiger partial charge in [0.15, 0.2) is 11.7 Å². The molecule has 3 aromatic rings. The van der Waals surface area contributed by atoms with Gasteiger partial charge in [-0.25, -0.2) is 9.37 Å². The molecule has 124 valence electrons. The van der Waals surface area contributed by atoms with Gasteiger partial charge in [0.1, 0.15) is 11.6 Å². The zero-order chi connectivity index (χ0) is 17.3. The molecule has 4 nitrogen and oxygen atoms in total. The van der Waals surface area contributed by atoms with Crippen molar-refractivity contribution in [2.24, 2.45) is 0 Å². The Bertz CT molecular complexity index is 903. The Hall–Kier alpha value is -2.18. The number of aryl methyl sites for hydroxylation is 2. The molecule has 0 fully saturated rings. The molecule has 0 radical (unpaired) electrons. The molecule has 0 saturated heterocycles. The monoisotopic (exact) mass is 364 g/mol. The van der Waals surface area contributed by atoms with E-state index < -0.39 is 0 Å². The van der Waals surface area contributed by atoms with Crippen LogP contribution in [-0.4, -0.2) is 17.5 Å². The van der Waals surface area contributed by atoms with Crippen molar-refractivity contribution in [1.82, 2.24) is 4.98 Å². The maximum Gasteiger partial charge on any atom is 0.264 e. The van der Waals surface area contributed by atoms with E-state index in [1.807, 2.05) is 13.8 Å². The standard InChI is InChI=1S/C17H14ClFN2O2S/c1-9-5-11(18)6-10(2)16(9)23-8-15(22)21-17-20-13-4-3-12(19)7-14(13)24-17/h3-7H,8H2,1-2H3,(H,20,21,22). The maximum absolute atomic E-state index is 13.2. The molecule has 7 heteroatoms. The van der Waals surface area contributed by atoms with Crippen LogP contribution in [-0.2, 0) is 4.79 Å². The lowest BCUT2D eigenvalue weighted by Crippen LogP contribution is -2.20. The molecule has 24 heavy (non-hydrogen) atoms. The van der Waals surface area contributed by atoms with Crippen LogP contribution in [0.1, 0.15) is 11.1 Å². The van der Waals surface area contributed by atoms with E-state index in [2.05, 4.69) is 10.3 Å². The molecule has 0 aliphatic rings. The number of hydrogen-bond donors (Lipinski definition) is 1. The largest absolute Gasteiger partial charge is 0.483 e. The summed E-state index contributed by atoms with van der Waals surface area (Å²) in [5, 5.41) is 3.71. The van der Waals surface area contributed by atoms with E-state index in [4.69, 9.17) is 16.3 Å². The molecule has 0 saturated carbocycles. The first-order valence-electron chi connectivity index (χ1n) is 7.18. The molecular weight excluding hydrogens is 351 g/mol. The number of thiazole rings is 1. The second kappa shape index (κ2) is 6.75. The first-order chi connectivity index (χ1) is 11.4. The Labute approximate surface area is 147 Å². The number of carbonyl (C=O) groups is 1. The maximum atomic E-state index is 13.2. The van der Waals surface area contributed by atoms with Gasteiger partial charge < -0.3 is 4.74 Å². The molecule has 0 bridgehead atoms. The van der Waals surface area contributed by atoms with E-state index in [9.17, 15) is 9.18 Å². The number of nitrogens with one attached hydrogen (secondary N) is 1. The van der Waals surface area contributed by atoms with Crippen LogP contribution in [0.15, 0.2) is 30.3 Å². The van der Waals surface area contributed by atoms with Crippen molar-refractivity contribution in [2.45, 2.75) is 13.8 Å². The van der Waals surface area contributed by atoms with Crippen molar-refractivity contribution in [1.29, 1.82) is 0 Å². The number of nitrogens with zero attached hydrogens (tertiary/aromatic N) is 1. The zero-order valence-corrected chi connectivity index (χ0v) is 14.6. The van der Waals surface area contributed by atoms with Gasteiger partial charge in [0.25, 0.3) is 5.91 Å².